The van der Waals surface area contributed by atoms with Crippen LogP contribution < -0.4 is 5.32 Å². The molecule has 0 aliphatic rings. The summed E-state index contributed by atoms with van der Waals surface area (Å²) < 4.78 is 1.09. The normalized spacial score (nSPS) is 10.0. The summed E-state index contributed by atoms with van der Waals surface area (Å²) in [5.74, 6) is 0. The second kappa shape index (κ2) is 6.46. The van der Waals surface area contributed by atoms with Crippen LogP contribution >= 0.6 is 15.9 Å². The Morgan fingerprint density at radius 2 is 1.93 bits per heavy atom. The highest BCUT2D eigenvalue weighted by Crippen LogP contribution is 2.18. The van der Waals surface area contributed by atoms with Gasteiger partial charge in [-0.15, -0.1) is 13.2 Å². The van der Waals surface area contributed by atoms with Crippen LogP contribution in [0.1, 0.15) is 12.8 Å². The minimum Gasteiger partial charge on any atom is -0.382 e. The van der Waals surface area contributed by atoms with Crippen molar-refractivity contribution in [1.82, 2.24) is 0 Å². The average molecular weight is 266 g/mol. The summed E-state index contributed by atoms with van der Waals surface area (Å²) in [6, 6.07) is 8.55. The molecule has 0 radical (unpaired) electrons. The van der Waals surface area contributed by atoms with Gasteiger partial charge in [-0.2, -0.15) is 0 Å². The van der Waals surface area contributed by atoms with Crippen molar-refractivity contribution in [3.63, 3.8) is 0 Å². The Balaban J connectivity index is 2.64. The molecule has 0 aromatic heterocycles. The highest BCUT2D eigenvalue weighted by atomic mass is 79.9. The molecule has 0 aliphatic carbocycles. The molecule has 0 saturated heterocycles. The zero-order valence-electron chi connectivity index (χ0n) is 8.75. The zero-order chi connectivity index (χ0) is 11.1. The van der Waals surface area contributed by atoms with E-state index in [4.69, 9.17) is 0 Å². The molecule has 0 amide bonds. The third-order valence-electron chi connectivity index (χ3n) is 2.10. The number of hydrogen-bond donors (Lipinski definition) is 1. The van der Waals surface area contributed by atoms with E-state index in [2.05, 4.69) is 46.5 Å². The molecule has 1 rings (SSSR count). The minimum atomic E-state index is 0.384. The standard InChI is InChI=1S/C13H16BrN/c1-3-6-12(7-4-2)15-13-9-5-8-11(14)10-13/h3-5,8-10,12,15H,1-2,6-7H2. The number of anilines is 1. The fourth-order valence-corrected chi connectivity index (χ4v) is 1.83. The van der Waals surface area contributed by atoms with E-state index in [-0.39, 0.29) is 0 Å². The lowest BCUT2D eigenvalue weighted by molar-refractivity contribution is 0.745. The molecule has 1 aromatic rings. The lowest BCUT2D eigenvalue weighted by atomic mass is 10.1. The van der Waals surface area contributed by atoms with Crippen LogP contribution in [0, 0.1) is 0 Å². The van der Waals surface area contributed by atoms with E-state index in [9.17, 15) is 0 Å². The Kier molecular flexibility index (Phi) is 5.19. The summed E-state index contributed by atoms with van der Waals surface area (Å²) in [6.07, 6.45) is 5.75. The average Bonchev–Trinajstić information content (AvgIpc) is 2.18. The first-order chi connectivity index (χ1) is 7.26. The first kappa shape index (κ1) is 12.1. The van der Waals surface area contributed by atoms with Crippen LogP contribution in [0.5, 0.6) is 0 Å². The van der Waals surface area contributed by atoms with Gasteiger partial charge >= 0.3 is 0 Å². The number of rotatable bonds is 6. The van der Waals surface area contributed by atoms with Gasteiger partial charge in [0.05, 0.1) is 0 Å². The van der Waals surface area contributed by atoms with Gasteiger partial charge in [-0.05, 0) is 31.0 Å². The molecule has 0 saturated carbocycles. The summed E-state index contributed by atoms with van der Waals surface area (Å²) >= 11 is 3.45. The Morgan fingerprint density at radius 1 is 1.27 bits per heavy atom. The predicted octanol–water partition coefficient (Wildman–Crippen LogP) is 4.38. The van der Waals surface area contributed by atoms with Gasteiger partial charge in [0.25, 0.3) is 0 Å². The molecule has 0 atom stereocenters. The lowest BCUT2D eigenvalue weighted by Gasteiger charge is -2.16. The van der Waals surface area contributed by atoms with Gasteiger partial charge in [0.15, 0.2) is 0 Å². The second-order valence-corrected chi connectivity index (χ2v) is 4.32. The van der Waals surface area contributed by atoms with E-state index in [0.717, 1.165) is 23.0 Å². The van der Waals surface area contributed by atoms with Gasteiger partial charge in [0.1, 0.15) is 0 Å². The van der Waals surface area contributed by atoms with Gasteiger partial charge in [-0.25, -0.2) is 0 Å². The Morgan fingerprint density at radius 3 is 2.47 bits per heavy atom. The fourth-order valence-electron chi connectivity index (χ4n) is 1.43. The first-order valence-corrected chi connectivity index (χ1v) is 5.79. The van der Waals surface area contributed by atoms with E-state index in [1.807, 2.05) is 24.3 Å². The maximum atomic E-state index is 3.76. The number of benzene rings is 1. The molecule has 1 nitrogen and oxygen atoms in total. The van der Waals surface area contributed by atoms with E-state index < -0.39 is 0 Å². The van der Waals surface area contributed by atoms with Crippen LogP contribution in [0.4, 0.5) is 5.69 Å². The van der Waals surface area contributed by atoms with Crippen molar-refractivity contribution < 1.29 is 0 Å². The van der Waals surface area contributed by atoms with Crippen molar-refractivity contribution in [2.45, 2.75) is 18.9 Å². The Labute approximate surface area is 100 Å². The summed E-state index contributed by atoms with van der Waals surface area (Å²) in [5.41, 5.74) is 1.12. The van der Waals surface area contributed by atoms with Gasteiger partial charge in [0.2, 0.25) is 0 Å². The number of hydrogen-bond acceptors (Lipinski definition) is 1. The highest BCUT2D eigenvalue weighted by Gasteiger charge is 2.04. The van der Waals surface area contributed by atoms with E-state index in [0.29, 0.717) is 6.04 Å². The van der Waals surface area contributed by atoms with Gasteiger partial charge in [-0.1, -0.05) is 34.1 Å². The summed E-state index contributed by atoms with van der Waals surface area (Å²) in [4.78, 5) is 0. The summed E-state index contributed by atoms with van der Waals surface area (Å²) in [7, 11) is 0. The third kappa shape index (κ3) is 4.34. The largest absolute Gasteiger partial charge is 0.382 e. The molecule has 0 aliphatic heterocycles. The van der Waals surface area contributed by atoms with E-state index >= 15 is 0 Å². The monoisotopic (exact) mass is 265 g/mol. The quantitative estimate of drug-likeness (QED) is 0.753. The summed E-state index contributed by atoms with van der Waals surface area (Å²) in [6.45, 7) is 7.52. The molecule has 0 bridgehead atoms. The van der Waals surface area contributed by atoms with Crippen LogP contribution in [0.3, 0.4) is 0 Å². The van der Waals surface area contributed by atoms with E-state index in [1.165, 1.54) is 0 Å². The topological polar surface area (TPSA) is 12.0 Å². The van der Waals surface area contributed by atoms with Gasteiger partial charge in [0, 0.05) is 16.2 Å². The van der Waals surface area contributed by atoms with Crippen molar-refractivity contribution in [3.8, 4) is 0 Å². The zero-order valence-corrected chi connectivity index (χ0v) is 10.3. The van der Waals surface area contributed by atoms with Crippen molar-refractivity contribution in [2.24, 2.45) is 0 Å². The van der Waals surface area contributed by atoms with Crippen molar-refractivity contribution >= 4 is 21.6 Å². The van der Waals surface area contributed by atoms with Crippen molar-refractivity contribution in [1.29, 1.82) is 0 Å². The SMILES string of the molecule is C=CCC(CC=C)Nc1cccc(Br)c1. The minimum absolute atomic E-state index is 0.384. The molecule has 80 valence electrons. The van der Waals surface area contributed by atoms with Gasteiger partial charge < -0.3 is 5.32 Å². The van der Waals surface area contributed by atoms with E-state index in [1.54, 1.807) is 0 Å². The Hall–Kier alpha value is -1.02. The maximum absolute atomic E-state index is 3.76. The predicted molar refractivity (Wildman–Crippen MR) is 71.2 cm³/mol. The second-order valence-electron chi connectivity index (χ2n) is 3.40. The molecular formula is C13H16BrN. The molecule has 2 heteroatoms. The van der Waals surface area contributed by atoms with Crippen LogP contribution in [-0.4, -0.2) is 6.04 Å². The highest BCUT2D eigenvalue weighted by molar-refractivity contribution is 9.10. The molecule has 0 spiro atoms. The number of halogens is 1. The molecule has 15 heavy (non-hydrogen) atoms. The van der Waals surface area contributed by atoms with Crippen LogP contribution in [0.2, 0.25) is 0 Å². The van der Waals surface area contributed by atoms with Crippen LogP contribution in [-0.2, 0) is 0 Å². The lowest BCUT2D eigenvalue weighted by Crippen LogP contribution is -2.17. The van der Waals surface area contributed by atoms with Crippen molar-refractivity contribution in [3.05, 3.63) is 54.0 Å². The molecule has 0 fully saturated rings. The molecule has 1 N–H and O–H groups in total. The molecule has 0 heterocycles. The fraction of sp³-hybridized carbons (Fsp3) is 0.231. The smallest absolute Gasteiger partial charge is 0.0353 e. The van der Waals surface area contributed by atoms with Crippen molar-refractivity contribution in [2.75, 3.05) is 5.32 Å². The molecule has 0 unspecified atom stereocenters. The molecular weight excluding hydrogens is 250 g/mol. The summed E-state index contributed by atoms with van der Waals surface area (Å²) in [5, 5.41) is 3.45. The van der Waals surface area contributed by atoms with Gasteiger partial charge in [-0.3, -0.25) is 0 Å². The maximum Gasteiger partial charge on any atom is 0.0353 e. The first-order valence-electron chi connectivity index (χ1n) is 5.00. The van der Waals surface area contributed by atoms with Crippen LogP contribution in [0.25, 0.3) is 0 Å². The number of nitrogens with one attached hydrogen (secondary N) is 1. The Bertz CT molecular complexity index is 323. The third-order valence-corrected chi connectivity index (χ3v) is 2.59. The van der Waals surface area contributed by atoms with Crippen LogP contribution in [0.15, 0.2) is 54.0 Å². The molecule has 1 aromatic carbocycles.